The number of oxime groups is 1. The molecule has 0 aliphatic rings. The number of amidine groups is 1. The lowest BCUT2D eigenvalue weighted by Crippen LogP contribution is -2.51. The van der Waals surface area contributed by atoms with Gasteiger partial charge in [0.1, 0.15) is 0 Å². The first-order valence-electron chi connectivity index (χ1n) is 4.57. The van der Waals surface area contributed by atoms with Crippen LogP contribution in [0.25, 0.3) is 0 Å². The van der Waals surface area contributed by atoms with Gasteiger partial charge < -0.3 is 10.9 Å². The van der Waals surface area contributed by atoms with Crippen molar-refractivity contribution in [2.45, 2.75) is 45.7 Å². The van der Waals surface area contributed by atoms with Gasteiger partial charge in [0.05, 0.1) is 6.04 Å². The van der Waals surface area contributed by atoms with Gasteiger partial charge in [-0.25, -0.2) is 0 Å². The summed E-state index contributed by atoms with van der Waals surface area (Å²) in [5.41, 5.74) is 5.59. The van der Waals surface area contributed by atoms with Crippen molar-refractivity contribution in [3.05, 3.63) is 0 Å². The fraction of sp³-hybridized carbons (Fsp3) is 0.889. The maximum Gasteiger partial charge on any atom is 0.156 e. The molecule has 0 aromatic carbocycles. The summed E-state index contributed by atoms with van der Waals surface area (Å²) in [4.78, 5) is 2.10. The van der Waals surface area contributed by atoms with Crippen molar-refractivity contribution in [3.8, 4) is 0 Å². The monoisotopic (exact) mass is 187 g/mol. The van der Waals surface area contributed by atoms with Crippen LogP contribution in [0.15, 0.2) is 5.16 Å². The third-order valence-corrected chi connectivity index (χ3v) is 2.94. The molecule has 0 aromatic rings. The smallest absolute Gasteiger partial charge is 0.156 e. The first kappa shape index (κ1) is 12.2. The molecule has 0 amide bonds. The van der Waals surface area contributed by atoms with E-state index in [1.54, 1.807) is 0 Å². The second-order valence-corrected chi connectivity index (χ2v) is 3.98. The van der Waals surface area contributed by atoms with E-state index < -0.39 is 0 Å². The summed E-state index contributed by atoms with van der Waals surface area (Å²) >= 11 is 0. The van der Waals surface area contributed by atoms with E-state index in [0.29, 0.717) is 0 Å². The molecule has 0 rings (SSSR count). The number of nitrogens with zero attached hydrogens (tertiary/aromatic N) is 2. The van der Waals surface area contributed by atoms with Crippen LogP contribution in [0.2, 0.25) is 0 Å². The lowest BCUT2D eigenvalue weighted by Gasteiger charge is -2.38. The van der Waals surface area contributed by atoms with Crippen molar-refractivity contribution in [3.63, 3.8) is 0 Å². The van der Waals surface area contributed by atoms with Gasteiger partial charge in [0, 0.05) is 5.54 Å². The highest BCUT2D eigenvalue weighted by molar-refractivity contribution is 5.84. The van der Waals surface area contributed by atoms with Gasteiger partial charge in [-0.1, -0.05) is 12.1 Å². The topological polar surface area (TPSA) is 61.8 Å². The zero-order valence-corrected chi connectivity index (χ0v) is 9.20. The van der Waals surface area contributed by atoms with Crippen molar-refractivity contribution in [1.29, 1.82) is 0 Å². The summed E-state index contributed by atoms with van der Waals surface area (Å²) in [5.74, 6) is 0.254. The van der Waals surface area contributed by atoms with Crippen LogP contribution in [-0.2, 0) is 0 Å². The minimum absolute atomic E-state index is 0.0417. The Hall–Kier alpha value is -0.770. The standard InChI is InChI=1S/C9H21N3O/c1-6-9(3,4)12(5)7(2)8(10)11-13/h7,13H,6H2,1-5H3,(H2,10,11). The zero-order chi connectivity index (χ0) is 10.6. The fourth-order valence-corrected chi connectivity index (χ4v) is 1.06. The SMILES string of the molecule is CCC(C)(C)N(C)C(C)C(N)=NO. The third kappa shape index (κ3) is 2.88. The van der Waals surface area contributed by atoms with Crippen molar-refractivity contribution < 1.29 is 5.21 Å². The normalized spacial score (nSPS) is 16.3. The molecule has 0 fully saturated rings. The highest BCUT2D eigenvalue weighted by Gasteiger charge is 2.27. The van der Waals surface area contributed by atoms with Gasteiger partial charge in [0.15, 0.2) is 5.84 Å². The van der Waals surface area contributed by atoms with Crippen molar-refractivity contribution in [2.24, 2.45) is 10.9 Å². The molecule has 78 valence electrons. The van der Waals surface area contributed by atoms with Gasteiger partial charge in [-0.3, -0.25) is 4.90 Å². The summed E-state index contributed by atoms with van der Waals surface area (Å²) in [6.45, 7) is 8.31. The predicted molar refractivity (Wildman–Crippen MR) is 55.0 cm³/mol. The Morgan fingerprint density at radius 1 is 1.62 bits per heavy atom. The second-order valence-electron chi connectivity index (χ2n) is 3.98. The van der Waals surface area contributed by atoms with Crippen molar-refractivity contribution >= 4 is 5.84 Å². The van der Waals surface area contributed by atoms with Gasteiger partial charge in [-0.05, 0) is 34.2 Å². The van der Waals surface area contributed by atoms with E-state index in [4.69, 9.17) is 10.9 Å². The summed E-state index contributed by atoms with van der Waals surface area (Å²) < 4.78 is 0. The molecule has 0 saturated carbocycles. The molecule has 3 N–H and O–H groups in total. The molecule has 0 radical (unpaired) electrons. The quantitative estimate of drug-likeness (QED) is 0.301. The molecule has 4 nitrogen and oxygen atoms in total. The number of hydrogen-bond donors (Lipinski definition) is 2. The molecule has 1 atom stereocenters. The molecule has 1 unspecified atom stereocenters. The molecular weight excluding hydrogens is 166 g/mol. The van der Waals surface area contributed by atoms with Gasteiger partial charge in [0.25, 0.3) is 0 Å². The minimum atomic E-state index is -0.0417. The van der Waals surface area contributed by atoms with E-state index in [9.17, 15) is 0 Å². The predicted octanol–water partition coefficient (Wildman–Crippen LogP) is 1.24. The van der Waals surface area contributed by atoms with Crippen molar-refractivity contribution in [2.75, 3.05) is 7.05 Å². The van der Waals surface area contributed by atoms with E-state index in [1.165, 1.54) is 0 Å². The highest BCUT2D eigenvalue weighted by Crippen LogP contribution is 2.18. The van der Waals surface area contributed by atoms with E-state index in [1.807, 2.05) is 14.0 Å². The second kappa shape index (κ2) is 4.46. The van der Waals surface area contributed by atoms with Crippen LogP contribution in [0.1, 0.15) is 34.1 Å². The average Bonchev–Trinajstić information content (AvgIpc) is 2.14. The van der Waals surface area contributed by atoms with E-state index in [2.05, 4.69) is 30.8 Å². The van der Waals surface area contributed by atoms with E-state index in [-0.39, 0.29) is 17.4 Å². The number of hydrogen-bond acceptors (Lipinski definition) is 3. The van der Waals surface area contributed by atoms with Crippen LogP contribution >= 0.6 is 0 Å². The summed E-state index contributed by atoms with van der Waals surface area (Å²) in [6, 6.07) is -0.0417. The molecule has 0 aromatic heterocycles. The maximum atomic E-state index is 8.53. The molecular formula is C9H21N3O. The minimum Gasteiger partial charge on any atom is -0.409 e. The highest BCUT2D eigenvalue weighted by atomic mass is 16.4. The van der Waals surface area contributed by atoms with Crippen LogP contribution in [0.3, 0.4) is 0 Å². The largest absolute Gasteiger partial charge is 0.409 e. The van der Waals surface area contributed by atoms with Crippen LogP contribution in [-0.4, -0.2) is 34.6 Å². The molecule has 0 aliphatic heterocycles. The van der Waals surface area contributed by atoms with Crippen LogP contribution in [0.5, 0.6) is 0 Å². The van der Waals surface area contributed by atoms with Crippen LogP contribution in [0.4, 0.5) is 0 Å². The van der Waals surface area contributed by atoms with E-state index >= 15 is 0 Å². The molecule has 0 heterocycles. The van der Waals surface area contributed by atoms with Crippen LogP contribution < -0.4 is 5.73 Å². The average molecular weight is 187 g/mol. The number of nitrogens with two attached hydrogens (primary N) is 1. The third-order valence-electron chi connectivity index (χ3n) is 2.94. The molecule has 0 saturated heterocycles. The van der Waals surface area contributed by atoms with Crippen LogP contribution in [0, 0.1) is 0 Å². The zero-order valence-electron chi connectivity index (χ0n) is 9.20. The lowest BCUT2D eigenvalue weighted by atomic mass is 9.98. The Bertz CT molecular complexity index is 189. The Morgan fingerprint density at radius 3 is 2.38 bits per heavy atom. The Balaban J connectivity index is 4.51. The molecule has 13 heavy (non-hydrogen) atoms. The molecule has 0 spiro atoms. The first-order chi connectivity index (χ1) is 5.86. The fourth-order valence-electron chi connectivity index (χ4n) is 1.06. The lowest BCUT2D eigenvalue weighted by molar-refractivity contribution is 0.133. The Morgan fingerprint density at radius 2 is 2.08 bits per heavy atom. The number of rotatable bonds is 4. The summed E-state index contributed by atoms with van der Waals surface area (Å²) in [7, 11) is 1.98. The van der Waals surface area contributed by atoms with Gasteiger partial charge >= 0.3 is 0 Å². The van der Waals surface area contributed by atoms with Gasteiger partial charge in [-0.2, -0.15) is 0 Å². The van der Waals surface area contributed by atoms with Crippen molar-refractivity contribution in [1.82, 2.24) is 4.90 Å². The van der Waals surface area contributed by atoms with E-state index in [0.717, 1.165) is 6.42 Å². The molecule has 0 aliphatic carbocycles. The summed E-state index contributed by atoms with van der Waals surface area (Å²) in [6.07, 6.45) is 1.02. The number of likely N-dealkylation sites (N-methyl/N-ethyl adjacent to an activating group) is 1. The molecule has 4 heteroatoms. The Kier molecular flexibility index (Phi) is 4.20. The van der Waals surface area contributed by atoms with Gasteiger partial charge in [-0.15, -0.1) is 0 Å². The Labute approximate surface area is 80.4 Å². The first-order valence-corrected chi connectivity index (χ1v) is 4.57. The van der Waals surface area contributed by atoms with Gasteiger partial charge in [0.2, 0.25) is 0 Å². The summed E-state index contributed by atoms with van der Waals surface area (Å²) in [5, 5.41) is 11.5. The maximum absolute atomic E-state index is 8.53. The molecule has 0 bridgehead atoms.